The van der Waals surface area contributed by atoms with Gasteiger partial charge < -0.3 is 24.7 Å². The van der Waals surface area contributed by atoms with Crippen LogP contribution in [0.1, 0.15) is 42.3 Å². The SMILES string of the molecule is CCOC(=O)C1=C(C)NC(=S)N[C@H]1c1ccccc1OCC(=O)NN=Cc1c(C)n(Cc2cccc(Cl)c2)c2ccccc12. The van der Waals surface area contributed by atoms with Gasteiger partial charge in [0.15, 0.2) is 11.7 Å². The summed E-state index contributed by atoms with van der Waals surface area (Å²) in [6.07, 6.45) is 1.65. The molecule has 0 fully saturated rings. The van der Waals surface area contributed by atoms with Gasteiger partial charge in [0.25, 0.3) is 5.91 Å². The normalized spacial score (nSPS) is 14.8. The second-order valence-corrected chi connectivity index (χ2v) is 11.0. The summed E-state index contributed by atoms with van der Waals surface area (Å²) in [7, 11) is 0. The van der Waals surface area contributed by atoms with Gasteiger partial charge >= 0.3 is 5.97 Å². The summed E-state index contributed by atoms with van der Waals surface area (Å²) in [5.74, 6) is -0.491. The molecule has 44 heavy (non-hydrogen) atoms. The van der Waals surface area contributed by atoms with Crippen molar-refractivity contribution in [3.8, 4) is 5.75 Å². The largest absolute Gasteiger partial charge is 0.483 e. The molecule has 1 aliphatic rings. The molecule has 4 aromatic rings. The molecule has 0 spiro atoms. The maximum absolute atomic E-state index is 12.8. The molecule has 1 aromatic heterocycles. The first kappa shape index (κ1) is 30.8. The lowest BCUT2D eigenvalue weighted by Crippen LogP contribution is -2.45. The van der Waals surface area contributed by atoms with Gasteiger partial charge in [-0.05, 0) is 62.8 Å². The molecule has 1 amide bonds. The number of amides is 1. The van der Waals surface area contributed by atoms with E-state index in [0.717, 1.165) is 27.7 Å². The number of fused-ring (bicyclic) bond motifs is 1. The van der Waals surface area contributed by atoms with E-state index in [1.807, 2.05) is 61.5 Å². The summed E-state index contributed by atoms with van der Waals surface area (Å²) in [5.41, 5.74) is 8.21. The van der Waals surface area contributed by atoms with Gasteiger partial charge in [0.1, 0.15) is 5.75 Å². The Kier molecular flexibility index (Phi) is 9.62. The van der Waals surface area contributed by atoms with E-state index in [9.17, 15) is 9.59 Å². The molecule has 9 nitrogen and oxygen atoms in total. The molecular weight excluding hydrogens is 598 g/mol. The Balaban J connectivity index is 1.30. The lowest BCUT2D eigenvalue weighted by Gasteiger charge is -2.30. The minimum atomic E-state index is -0.618. The third-order valence-electron chi connectivity index (χ3n) is 7.25. The number of allylic oxidation sites excluding steroid dienone is 1. The summed E-state index contributed by atoms with van der Waals surface area (Å²) < 4.78 is 13.4. The summed E-state index contributed by atoms with van der Waals surface area (Å²) in [4.78, 5) is 25.6. The van der Waals surface area contributed by atoms with Gasteiger partial charge in [-0.15, -0.1) is 0 Å². The fourth-order valence-electron chi connectivity index (χ4n) is 5.24. The van der Waals surface area contributed by atoms with Crippen molar-refractivity contribution in [2.75, 3.05) is 13.2 Å². The lowest BCUT2D eigenvalue weighted by atomic mass is 9.95. The monoisotopic (exact) mass is 629 g/mol. The molecule has 0 unspecified atom stereocenters. The zero-order valence-corrected chi connectivity index (χ0v) is 26.1. The van der Waals surface area contributed by atoms with Gasteiger partial charge in [0.2, 0.25) is 0 Å². The molecule has 226 valence electrons. The number of nitrogens with one attached hydrogen (secondary N) is 3. The number of carbonyl (C=O) groups is 2. The van der Waals surface area contributed by atoms with Crippen LogP contribution in [0, 0.1) is 6.92 Å². The number of esters is 1. The fraction of sp³-hybridized carbons (Fsp3) is 0.212. The predicted molar refractivity (Wildman–Crippen MR) is 176 cm³/mol. The molecule has 0 radical (unpaired) electrons. The molecule has 0 bridgehead atoms. The Morgan fingerprint density at radius 1 is 1.09 bits per heavy atom. The highest BCUT2D eigenvalue weighted by molar-refractivity contribution is 7.80. The van der Waals surface area contributed by atoms with Gasteiger partial charge in [-0.2, -0.15) is 5.10 Å². The third-order valence-corrected chi connectivity index (χ3v) is 7.70. The van der Waals surface area contributed by atoms with Gasteiger partial charge in [-0.3, -0.25) is 4.79 Å². The van der Waals surface area contributed by atoms with E-state index in [2.05, 4.69) is 31.8 Å². The van der Waals surface area contributed by atoms with Crippen molar-refractivity contribution in [1.82, 2.24) is 20.6 Å². The Hall–Kier alpha value is -4.67. The highest BCUT2D eigenvalue weighted by Gasteiger charge is 2.32. The van der Waals surface area contributed by atoms with Crippen LogP contribution >= 0.6 is 23.8 Å². The number of hydrazone groups is 1. The first-order valence-corrected chi connectivity index (χ1v) is 14.9. The molecule has 3 N–H and O–H groups in total. The number of hydrogen-bond donors (Lipinski definition) is 3. The molecular formula is C33H32ClN5O4S. The van der Waals surface area contributed by atoms with Crippen LogP contribution in [-0.2, 0) is 20.9 Å². The first-order chi connectivity index (χ1) is 21.3. The summed E-state index contributed by atoms with van der Waals surface area (Å²) >= 11 is 11.6. The van der Waals surface area contributed by atoms with Crippen LogP contribution in [0.25, 0.3) is 10.9 Å². The Morgan fingerprint density at radius 3 is 2.66 bits per heavy atom. The third kappa shape index (κ3) is 6.77. The molecule has 0 saturated heterocycles. The predicted octanol–water partition coefficient (Wildman–Crippen LogP) is 5.54. The smallest absolute Gasteiger partial charge is 0.338 e. The van der Waals surface area contributed by atoms with Gasteiger partial charge in [0, 0.05) is 45.0 Å². The van der Waals surface area contributed by atoms with E-state index in [1.54, 1.807) is 32.2 Å². The number of aromatic nitrogens is 1. The Bertz CT molecular complexity index is 1800. The number of carbonyl (C=O) groups excluding carboxylic acids is 2. The van der Waals surface area contributed by atoms with Crippen LogP contribution < -0.4 is 20.8 Å². The number of halogens is 1. The number of hydrogen-bond acceptors (Lipinski definition) is 6. The van der Waals surface area contributed by atoms with Crippen LogP contribution in [-0.4, -0.2) is 41.0 Å². The molecule has 1 aliphatic heterocycles. The number of thiocarbonyl (C=S) groups is 1. The molecule has 1 atom stereocenters. The van der Waals surface area contributed by atoms with Crippen molar-refractivity contribution in [2.45, 2.75) is 33.4 Å². The highest BCUT2D eigenvalue weighted by Crippen LogP contribution is 2.33. The van der Waals surface area contributed by atoms with Crippen LogP contribution in [0.4, 0.5) is 0 Å². The van der Waals surface area contributed by atoms with Crippen LogP contribution in [0.15, 0.2) is 89.2 Å². The Morgan fingerprint density at radius 2 is 1.86 bits per heavy atom. The van der Waals surface area contributed by atoms with E-state index < -0.39 is 17.9 Å². The second-order valence-electron chi connectivity index (χ2n) is 10.1. The molecule has 0 saturated carbocycles. The summed E-state index contributed by atoms with van der Waals surface area (Å²) in [6, 6.07) is 22.4. The summed E-state index contributed by atoms with van der Waals surface area (Å²) in [5, 5.41) is 12.4. The number of ether oxygens (including phenoxy) is 2. The number of rotatable bonds is 10. The average Bonchev–Trinajstić information content (AvgIpc) is 3.26. The number of benzene rings is 3. The van der Waals surface area contributed by atoms with E-state index in [0.29, 0.717) is 39.3 Å². The highest BCUT2D eigenvalue weighted by atomic mass is 35.5. The fourth-order valence-corrected chi connectivity index (χ4v) is 5.73. The molecule has 0 aliphatic carbocycles. The lowest BCUT2D eigenvalue weighted by molar-refractivity contribution is -0.139. The van der Waals surface area contributed by atoms with Crippen LogP contribution in [0.3, 0.4) is 0 Å². The van der Waals surface area contributed by atoms with Crippen molar-refractivity contribution < 1.29 is 19.1 Å². The van der Waals surface area contributed by atoms with Crippen molar-refractivity contribution in [3.63, 3.8) is 0 Å². The van der Waals surface area contributed by atoms with Crippen molar-refractivity contribution >= 4 is 57.9 Å². The first-order valence-electron chi connectivity index (χ1n) is 14.1. The summed E-state index contributed by atoms with van der Waals surface area (Å²) in [6.45, 7) is 6.11. The van der Waals surface area contributed by atoms with Gasteiger partial charge in [-0.25, -0.2) is 10.2 Å². The minimum Gasteiger partial charge on any atom is -0.483 e. The van der Waals surface area contributed by atoms with E-state index in [-0.39, 0.29) is 13.2 Å². The standard InChI is InChI=1S/C33H32ClN5O4S/c1-4-42-32(41)30-20(2)36-33(44)37-31(30)25-13-6-8-15-28(25)43-19-29(40)38-35-17-26-21(3)39(27-14-7-5-12-24(26)27)18-22-10-9-11-23(34)16-22/h5-17,31H,4,18-19H2,1-3H3,(H,38,40)(H2,36,37,44)/t31-/m0/s1. The van der Waals surface area contributed by atoms with Crippen molar-refractivity contribution in [2.24, 2.45) is 5.10 Å². The van der Waals surface area contributed by atoms with Crippen LogP contribution in [0.2, 0.25) is 5.02 Å². The minimum absolute atomic E-state index is 0.230. The van der Waals surface area contributed by atoms with Crippen molar-refractivity contribution in [3.05, 3.63) is 111 Å². The topological polar surface area (TPSA) is 106 Å². The van der Waals surface area contributed by atoms with Crippen molar-refractivity contribution in [1.29, 1.82) is 0 Å². The quantitative estimate of drug-likeness (QED) is 0.0916. The van der Waals surface area contributed by atoms with E-state index >= 15 is 0 Å². The zero-order valence-electron chi connectivity index (χ0n) is 24.5. The maximum Gasteiger partial charge on any atom is 0.338 e. The number of para-hydroxylation sites is 2. The van der Waals surface area contributed by atoms with E-state index in [1.165, 1.54) is 0 Å². The Labute approximate surface area is 265 Å². The molecule has 5 rings (SSSR count). The average molecular weight is 630 g/mol. The van der Waals surface area contributed by atoms with Crippen LogP contribution in [0.5, 0.6) is 5.75 Å². The second kappa shape index (κ2) is 13.7. The molecule has 11 heteroatoms. The van der Waals surface area contributed by atoms with Gasteiger partial charge in [-0.1, -0.05) is 60.1 Å². The molecule has 2 heterocycles. The van der Waals surface area contributed by atoms with E-state index in [4.69, 9.17) is 33.3 Å². The van der Waals surface area contributed by atoms with Gasteiger partial charge in [0.05, 0.1) is 24.4 Å². The zero-order chi connectivity index (χ0) is 31.2. The number of nitrogens with zero attached hydrogens (tertiary/aromatic N) is 2. The molecule has 3 aromatic carbocycles. The maximum atomic E-state index is 12.8.